The van der Waals surface area contributed by atoms with Gasteiger partial charge in [0.15, 0.2) is 0 Å². The van der Waals surface area contributed by atoms with E-state index in [2.05, 4.69) is 5.32 Å². The molecule has 113 valence electrons. The summed E-state index contributed by atoms with van der Waals surface area (Å²) in [7, 11) is 0. The van der Waals surface area contributed by atoms with Crippen molar-refractivity contribution in [3.8, 4) is 0 Å². The number of alkyl carbamates (subject to hydrolysis) is 1. The Kier molecular flexibility index (Phi) is 5.54. The molecule has 0 aliphatic heterocycles. The van der Waals surface area contributed by atoms with Gasteiger partial charge < -0.3 is 10.1 Å². The Hall–Kier alpha value is -2.82. The van der Waals surface area contributed by atoms with Crippen LogP contribution < -0.4 is 5.32 Å². The highest BCUT2D eigenvalue weighted by Gasteiger charge is 2.22. The van der Waals surface area contributed by atoms with Gasteiger partial charge in [0.2, 0.25) is 0 Å². The summed E-state index contributed by atoms with van der Waals surface area (Å²) in [4.78, 5) is 22.8. The van der Waals surface area contributed by atoms with Crippen LogP contribution in [0, 0.1) is 0 Å². The Balaban J connectivity index is 1.88. The van der Waals surface area contributed by atoms with Crippen molar-refractivity contribution in [3.05, 3.63) is 71.8 Å². The number of ether oxygens (including phenoxy) is 1. The lowest BCUT2D eigenvalue weighted by Crippen LogP contribution is -2.42. The molecule has 2 aromatic rings. The van der Waals surface area contributed by atoms with Gasteiger partial charge in [-0.25, -0.2) is 14.7 Å². The molecule has 0 aliphatic carbocycles. The zero-order chi connectivity index (χ0) is 15.8. The lowest BCUT2D eigenvalue weighted by Gasteiger charge is -2.13. The number of rotatable bonds is 6. The quantitative estimate of drug-likeness (QED) is 0.890. The molecule has 0 saturated heterocycles. The van der Waals surface area contributed by atoms with Crippen LogP contribution in [0.4, 0.5) is 4.79 Å². The van der Waals surface area contributed by atoms with Crippen LogP contribution in [0.3, 0.4) is 0 Å². The Labute approximate surface area is 128 Å². The molecule has 5 heteroatoms. The Morgan fingerprint density at radius 3 is 2.00 bits per heavy atom. The average Bonchev–Trinajstić information content (AvgIpc) is 2.54. The van der Waals surface area contributed by atoms with Gasteiger partial charge in [-0.2, -0.15) is 0 Å². The normalized spacial score (nSPS) is 11.5. The van der Waals surface area contributed by atoms with Crippen LogP contribution in [0.1, 0.15) is 11.1 Å². The second kappa shape index (κ2) is 7.83. The van der Waals surface area contributed by atoms with E-state index in [-0.39, 0.29) is 13.0 Å². The fourth-order valence-electron chi connectivity index (χ4n) is 1.95. The number of carbonyl (C=O) groups is 2. The van der Waals surface area contributed by atoms with E-state index in [0.717, 1.165) is 11.1 Å². The van der Waals surface area contributed by atoms with Crippen molar-refractivity contribution in [1.29, 1.82) is 0 Å². The molecular weight excluding hydrogens is 282 g/mol. The molecule has 0 saturated carbocycles. The van der Waals surface area contributed by atoms with Gasteiger partial charge in [0.05, 0.1) is 0 Å². The summed E-state index contributed by atoms with van der Waals surface area (Å²) in [5.74, 6) is -1.35. The number of amides is 1. The monoisotopic (exact) mass is 298 g/mol. The molecular formula is C17H16NO4. The van der Waals surface area contributed by atoms with Gasteiger partial charge in [-0.1, -0.05) is 60.7 Å². The summed E-state index contributed by atoms with van der Waals surface area (Å²) in [6, 6.07) is 17.0. The van der Waals surface area contributed by atoms with Crippen LogP contribution in [0.25, 0.3) is 0 Å². The summed E-state index contributed by atoms with van der Waals surface area (Å²) in [6.45, 7) is 0.0811. The van der Waals surface area contributed by atoms with Crippen LogP contribution in [0.5, 0.6) is 0 Å². The van der Waals surface area contributed by atoms with Crippen molar-refractivity contribution >= 4 is 12.1 Å². The first-order valence-electron chi connectivity index (χ1n) is 6.87. The molecule has 0 bridgehead atoms. The van der Waals surface area contributed by atoms with Crippen molar-refractivity contribution in [2.75, 3.05) is 0 Å². The summed E-state index contributed by atoms with van der Waals surface area (Å²) < 4.78 is 5.01. The summed E-state index contributed by atoms with van der Waals surface area (Å²) in [6.07, 6.45) is -0.641. The third kappa shape index (κ3) is 4.94. The van der Waals surface area contributed by atoms with Gasteiger partial charge in [-0.15, -0.1) is 0 Å². The largest absolute Gasteiger partial charge is 0.445 e. The van der Waals surface area contributed by atoms with Crippen molar-refractivity contribution < 1.29 is 19.4 Å². The molecule has 2 aromatic carbocycles. The number of hydrogen-bond donors (Lipinski definition) is 1. The second-order valence-electron chi connectivity index (χ2n) is 4.77. The minimum absolute atomic E-state index is 0.0811. The predicted octanol–water partition coefficient (Wildman–Crippen LogP) is 2.48. The maximum absolute atomic E-state index is 11.7. The van der Waals surface area contributed by atoms with E-state index in [1.165, 1.54) is 0 Å². The first-order chi connectivity index (χ1) is 10.6. The van der Waals surface area contributed by atoms with E-state index >= 15 is 0 Å². The number of benzene rings is 2. The molecule has 22 heavy (non-hydrogen) atoms. The lowest BCUT2D eigenvalue weighted by molar-refractivity contribution is -0.145. The van der Waals surface area contributed by atoms with Crippen molar-refractivity contribution in [2.24, 2.45) is 0 Å². The summed E-state index contributed by atoms with van der Waals surface area (Å²) in [5, 5.41) is 13.4. The van der Waals surface area contributed by atoms with Gasteiger partial charge >= 0.3 is 12.1 Å². The zero-order valence-electron chi connectivity index (χ0n) is 11.9. The second-order valence-corrected chi connectivity index (χ2v) is 4.77. The van der Waals surface area contributed by atoms with E-state index in [4.69, 9.17) is 4.74 Å². The molecule has 1 atom stereocenters. The molecule has 0 fully saturated rings. The van der Waals surface area contributed by atoms with Crippen molar-refractivity contribution in [3.63, 3.8) is 0 Å². The SMILES string of the molecule is [O]C(=O)[C@H](Cc1ccccc1)NC(=O)OCc1ccccc1. The average molecular weight is 298 g/mol. The zero-order valence-corrected chi connectivity index (χ0v) is 11.9. The van der Waals surface area contributed by atoms with Gasteiger partial charge in [-0.3, -0.25) is 0 Å². The van der Waals surface area contributed by atoms with E-state index in [0.29, 0.717) is 0 Å². The molecule has 0 aromatic heterocycles. The molecule has 0 spiro atoms. The van der Waals surface area contributed by atoms with Crippen LogP contribution >= 0.6 is 0 Å². The molecule has 5 nitrogen and oxygen atoms in total. The Morgan fingerprint density at radius 2 is 1.45 bits per heavy atom. The maximum Gasteiger partial charge on any atom is 0.408 e. The topological polar surface area (TPSA) is 75.3 Å². The Bertz CT molecular complexity index is 613. The fourth-order valence-corrected chi connectivity index (χ4v) is 1.95. The highest BCUT2D eigenvalue weighted by Crippen LogP contribution is 2.05. The number of carbonyl (C=O) groups excluding carboxylic acids is 2. The van der Waals surface area contributed by atoms with Gasteiger partial charge in [0.25, 0.3) is 0 Å². The third-order valence-corrected chi connectivity index (χ3v) is 3.07. The maximum atomic E-state index is 11.7. The van der Waals surface area contributed by atoms with Crippen molar-refractivity contribution in [1.82, 2.24) is 5.32 Å². The molecule has 1 amide bonds. The highest BCUT2D eigenvalue weighted by molar-refractivity contribution is 5.79. The van der Waals surface area contributed by atoms with E-state index in [1.807, 2.05) is 36.4 Å². The molecule has 0 unspecified atom stereocenters. The molecule has 1 N–H and O–H groups in total. The molecule has 0 heterocycles. The van der Waals surface area contributed by atoms with Crippen LogP contribution in [-0.4, -0.2) is 18.1 Å². The minimum atomic E-state index is -1.35. The van der Waals surface area contributed by atoms with Gasteiger partial charge in [-0.05, 0) is 11.1 Å². The smallest absolute Gasteiger partial charge is 0.408 e. The first kappa shape index (κ1) is 15.6. The van der Waals surface area contributed by atoms with Gasteiger partial charge in [0, 0.05) is 6.42 Å². The van der Waals surface area contributed by atoms with E-state index in [9.17, 15) is 14.7 Å². The third-order valence-electron chi connectivity index (χ3n) is 3.07. The summed E-state index contributed by atoms with van der Waals surface area (Å²) in [5.41, 5.74) is 1.62. The van der Waals surface area contributed by atoms with Crippen LogP contribution in [0.2, 0.25) is 0 Å². The van der Waals surface area contributed by atoms with Gasteiger partial charge in [0.1, 0.15) is 12.6 Å². The number of nitrogens with one attached hydrogen (secondary N) is 1. The van der Waals surface area contributed by atoms with Crippen molar-refractivity contribution in [2.45, 2.75) is 19.1 Å². The first-order valence-corrected chi connectivity index (χ1v) is 6.87. The van der Waals surface area contributed by atoms with Crippen LogP contribution in [-0.2, 0) is 27.7 Å². The standard InChI is InChI=1S/C17H16NO4/c19-16(20)15(11-13-7-3-1-4-8-13)18-17(21)22-12-14-9-5-2-6-10-14/h1-10,15H,11-12H2,(H,18,21)/t15-/m0/s1. The predicted molar refractivity (Wildman–Crippen MR) is 79.4 cm³/mol. The number of hydrogen-bond acceptors (Lipinski definition) is 3. The fraction of sp³-hybridized carbons (Fsp3) is 0.176. The van der Waals surface area contributed by atoms with Crippen LogP contribution in [0.15, 0.2) is 60.7 Å². The van der Waals surface area contributed by atoms with E-state index < -0.39 is 18.1 Å². The molecule has 1 radical (unpaired) electrons. The lowest BCUT2D eigenvalue weighted by atomic mass is 10.1. The van der Waals surface area contributed by atoms with E-state index in [1.54, 1.807) is 24.3 Å². The minimum Gasteiger partial charge on any atom is -0.445 e. The highest BCUT2D eigenvalue weighted by atomic mass is 16.5. The molecule has 0 aliphatic rings. The molecule has 2 rings (SSSR count). The summed E-state index contributed by atoms with van der Waals surface area (Å²) >= 11 is 0. The Morgan fingerprint density at radius 1 is 0.909 bits per heavy atom.